The van der Waals surface area contributed by atoms with E-state index < -0.39 is 0 Å². The Bertz CT molecular complexity index is 1010. The number of nitrogens with zero attached hydrogens (tertiary/aromatic N) is 1. The van der Waals surface area contributed by atoms with Crippen molar-refractivity contribution in [1.82, 2.24) is 5.32 Å². The molecule has 1 saturated carbocycles. The predicted octanol–water partition coefficient (Wildman–Crippen LogP) is 3.40. The molecule has 0 unspecified atom stereocenters. The van der Waals surface area contributed by atoms with E-state index in [-0.39, 0.29) is 22.7 Å². The summed E-state index contributed by atoms with van der Waals surface area (Å²) >= 11 is 0. The van der Waals surface area contributed by atoms with Crippen LogP contribution in [0.5, 0.6) is 0 Å². The first-order valence-electron chi connectivity index (χ1n) is 12.6. The fourth-order valence-electron chi connectivity index (χ4n) is 5.18. The van der Waals surface area contributed by atoms with Gasteiger partial charge in [0.05, 0.1) is 0 Å². The van der Waals surface area contributed by atoms with Crippen molar-refractivity contribution in [3.8, 4) is 0 Å². The molecule has 1 heterocycles. The highest BCUT2D eigenvalue weighted by atomic mass is 16.2. The van der Waals surface area contributed by atoms with Gasteiger partial charge in [0, 0.05) is 32.1 Å². The SMILES string of the molecule is Cc1ccc(CCNC(=O)C2CCC(CNc3c(N4CCC(C)CC4)c(=O)c3=O)CC2)cc1. The standard InChI is InChI=1S/C27H37N3O3/c1-18-3-5-20(6-4-18)11-14-28-27(33)22-9-7-21(8-10-22)17-29-23-24(26(32)25(23)31)30-15-12-19(2)13-16-30/h3-6,19,21-22,29H,7-17H2,1-2H3,(H,28,33). The molecule has 2 aromatic carbocycles. The molecule has 6 nitrogen and oxygen atoms in total. The average Bonchev–Trinajstić information content (AvgIpc) is 2.83. The van der Waals surface area contributed by atoms with Crippen molar-refractivity contribution in [2.24, 2.45) is 17.8 Å². The maximum Gasteiger partial charge on any atom is 0.253 e. The first-order chi connectivity index (χ1) is 15.9. The zero-order chi connectivity index (χ0) is 23.4. The van der Waals surface area contributed by atoms with E-state index in [1.165, 1.54) is 11.1 Å². The highest BCUT2D eigenvalue weighted by Gasteiger charge is 2.30. The topological polar surface area (TPSA) is 78.5 Å². The van der Waals surface area contributed by atoms with Crippen molar-refractivity contribution in [2.75, 3.05) is 36.4 Å². The Kier molecular flexibility index (Phi) is 7.51. The van der Waals surface area contributed by atoms with Gasteiger partial charge in [-0.05, 0) is 69.3 Å². The van der Waals surface area contributed by atoms with Crippen molar-refractivity contribution < 1.29 is 4.79 Å². The molecule has 2 N–H and O–H groups in total. The number of carbonyl (C=O) groups excluding carboxylic acids is 1. The van der Waals surface area contributed by atoms with E-state index in [1.807, 2.05) is 0 Å². The molecule has 33 heavy (non-hydrogen) atoms. The molecule has 2 aromatic rings. The molecule has 2 fully saturated rings. The molecule has 1 amide bonds. The Hall–Kier alpha value is -2.63. The van der Waals surface area contributed by atoms with Crippen LogP contribution in [0.1, 0.15) is 56.6 Å². The number of benzene rings is 1. The summed E-state index contributed by atoms with van der Waals surface area (Å²) in [5.41, 5.74) is 2.91. The third-order valence-electron chi connectivity index (χ3n) is 7.60. The third-order valence-corrected chi connectivity index (χ3v) is 7.60. The molecule has 178 valence electrons. The number of nitrogens with one attached hydrogen (secondary N) is 2. The number of anilines is 2. The van der Waals surface area contributed by atoms with E-state index in [2.05, 4.69) is 53.6 Å². The maximum absolute atomic E-state index is 12.6. The maximum atomic E-state index is 12.6. The first-order valence-corrected chi connectivity index (χ1v) is 12.6. The fourth-order valence-corrected chi connectivity index (χ4v) is 5.18. The van der Waals surface area contributed by atoms with Crippen LogP contribution in [0, 0.1) is 24.7 Å². The fraction of sp³-hybridized carbons (Fsp3) is 0.593. The largest absolute Gasteiger partial charge is 0.380 e. The lowest BCUT2D eigenvalue weighted by Gasteiger charge is -2.34. The van der Waals surface area contributed by atoms with Crippen LogP contribution in [0.15, 0.2) is 33.9 Å². The molecule has 6 heteroatoms. The normalized spacial score (nSPS) is 21.8. The summed E-state index contributed by atoms with van der Waals surface area (Å²) < 4.78 is 0. The molecule has 0 bridgehead atoms. The molecule has 0 atom stereocenters. The molecule has 2 aliphatic rings. The van der Waals surface area contributed by atoms with Crippen LogP contribution >= 0.6 is 0 Å². The van der Waals surface area contributed by atoms with Gasteiger partial charge in [0.2, 0.25) is 5.91 Å². The highest BCUT2D eigenvalue weighted by molar-refractivity contribution is 5.78. The van der Waals surface area contributed by atoms with Crippen LogP contribution in [-0.4, -0.2) is 32.1 Å². The summed E-state index contributed by atoms with van der Waals surface area (Å²) in [5.74, 6) is 1.35. The van der Waals surface area contributed by atoms with Crippen molar-refractivity contribution in [1.29, 1.82) is 0 Å². The molecule has 4 rings (SSSR count). The minimum absolute atomic E-state index is 0.0799. The van der Waals surface area contributed by atoms with Crippen LogP contribution in [0.4, 0.5) is 11.4 Å². The Morgan fingerprint density at radius 2 is 1.64 bits per heavy atom. The summed E-state index contributed by atoms with van der Waals surface area (Å²) in [6.45, 7) is 7.39. The van der Waals surface area contributed by atoms with Gasteiger partial charge in [0.1, 0.15) is 11.4 Å². The van der Waals surface area contributed by atoms with Crippen molar-refractivity contribution in [3.05, 3.63) is 55.8 Å². The van der Waals surface area contributed by atoms with Gasteiger partial charge >= 0.3 is 0 Å². The number of hydrogen-bond donors (Lipinski definition) is 2. The Morgan fingerprint density at radius 1 is 0.970 bits per heavy atom. The molecular weight excluding hydrogens is 414 g/mol. The van der Waals surface area contributed by atoms with Gasteiger partial charge in [0.25, 0.3) is 10.9 Å². The number of hydrogen-bond acceptors (Lipinski definition) is 5. The second kappa shape index (κ2) is 10.5. The molecule has 1 aliphatic heterocycles. The van der Waals surface area contributed by atoms with Gasteiger partial charge < -0.3 is 15.5 Å². The smallest absolute Gasteiger partial charge is 0.253 e. The number of rotatable bonds is 8. The molecule has 1 saturated heterocycles. The lowest BCUT2D eigenvalue weighted by molar-refractivity contribution is -0.126. The third kappa shape index (κ3) is 5.66. The minimum Gasteiger partial charge on any atom is -0.380 e. The van der Waals surface area contributed by atoms with Crippen molar-refractivity contribution in [2.45, 2.75) is 58.8 Å². The van der Waals surface area contributed by atoms with Crippen LogP contribution < -0.4 is 26.4 Å². The monoisotopic (exact) mass is 451 g/mol. The van der Waals surface area contributed by atoms with E-state index in [4.69, 9.17) is 0 Å². The summed E-state index contributed by atoms with van der Waals surface area (Å²) in [5, 5.41) is 6.40. The van der Waals surface area contributed by atoms with E-state index in [1.54, 1.807) is 0 Å². The van der Waals surface area contributed by atoms with E-state index >= 15 is 0 Å². The summed E-state index contributed by atoms with van der Waals surface area (Å²) in [7, 11) is 0. The number of piperidine rings is 1. The number of carbonyl (C=O) groups is 1. The Morgan fingerprint density at radius 3 is 2.30 bits per heavy atom. The summed E-state index contributed by atoms with van der Waals surface area (Å²) in [6.07, 6.45) is 6.68. The zero-order valence-electron chi connectivity index (χ0n) is 20.0. The number of aryl methyl sites for hydroxylation is 1. The van der Waals surface area contributed by atoms with Crippen LogP contribution in [0.3, 0.4) is 0 Å². The van der Waals surface area contributed by atoms with Crippen LogP contribution in [0.25, 0.3) is 0 Å². The van der Waals surface area contributed by atoms with Crippen molar-refractivity contribution >= 4 is 17.3 Å². The quantitative estimate of drug-likeness (QED) is 0.602. The number of amides is 1. The van der Waals surface area contributed by atoms with Gasteiger partial charge in [-0.1, -0.05) is 36.8 Å². The van der Waals surface area contributed by atoms with Gasteiger partial charge in [-0.25, -0.2) is 0 Å². The van der Waals surface area contributed by atoms with Gasteiger partial charge in [-0.15, -0.1) is 0 Å². The minimum atomic E-state index is -0.370. The van der Waals surface area contributed by atoms with E-state index in [0.29, 0.717) is 36.3 Å². The van der Waals surface area contributed by atoms with Gasteiger partial charge in [0.15, 0.2) is 0 Å². The molecule has 0 aromatic heterocycles. The zero-order valence-corrected chi connectivity index (χ0v) is 20.0. The highest BCUT2D eigenvalue weighted by Crippen LogP contribution is 2.31. The summed E-state index contributed by atoms with van der Waals surface area (Å²) in [4.78, 5) is 39.0. The average molecular weight is 452 g/mol. The predicted molar refractivity (Wildman–Crippen MR) is 134 cm³/mol. The molecule has 0 spiro atoms. The van der Waals surface area contributed by atoms with E-state index in [0.717, 1.165) is 58.0 Å². The Balaban J connectivity index is 1.19. The molecular formula is C27H37N3O3. The second-order valence-electron chi connectivity index (χ2n) is 10.2. The lowest BCUT2D eigenvalue weighted by Crippen LogP contribution is -2.45. The van der Waals surface area contributed by atoms with Gasteiger partial charge in [-0.3, -0.25) is 14.4 Å². The van der Waals surface area contributed by atoms with Crippen LogP contribution in [0.2, 0.25) is 0 Å². The molecule has 0 radical (unpaired) electrons. The Labute approximate surface area is 196 Å². The lowest BCUT2D eigenvalue weighted by atomic mass is 9.81. The van der Waals surface area contributed by atoms with E-state index in [9.17, 15) is 14.4 Å². The van der Waals surface area contributed by atoms with Crippen LogP contribution in [-0.2, 0) is 11.2 Å². The van der Waals surface area contributed by atoms with Gasteiger partial charge in [-0.2, -0.15) is 0 Å². The summed E-state index contributed by atoms with van der Waals surface area (Å²) in [6, 6.07) is 8.44. The second-order valence-corrected chi connectivity index (χ2v) is 10.2. The molecule has 1 aliphatic carbocycles. The van der Waals surface area contributed by atoms with Crippen molar-refractivity contribution in [3.63, 3.8) is 0 Å². The first kappa shape index (κ1) is 23.5.